The van der Waals surface area contributed by atoms with E-state index in [1.54, 1.807) is 14.2 Å². The minimum atomic E-state index is -0.205. The third-order valence-electron chi connectivity index (χ3n) is 4.35. The smallest absolute Gasteiger partial charge is 0.267 e. The van der Waals surface area contributed by atoms with Gasteiger partial charge in [0.2, 0.25) is 5.91 Å². The highest BCUT2D eigenvalue weighted by Gasteiger charge is 2.19. The molecule has 3 aromatic rings. The van der Waals surface area contributed by atoms with Crippen molar-refractivity contribution in [2.45, 2.75) is 26.5 Å². The van der Waals surface area contributed by atoms with Gasteiger partial charge in [-0.25, -0.2) is 4.98 Å². The summed E-state index contributed by atoms with van der Waals surface area (Å²) in [5, 5.41) is 7.31. The van der Waals surface area contributed by atoms with Crippen molar-refractivity contribution >= 4 is 39.7 Å². The van der Waals surface area contributed by atoms with Crippen LogP contribution in [0.3, 0.4) is 0 Å². The Balaban J connectivity index is 1.84. The van der Waals surface area contributed by atoms with Gasteiger partial charge in [0.25, 0.3) is 5.91 Å². The number of amides is 2. The Kier molecular flexibility index (Phi) is 5.57. The molecule has 27 heavy (non-hydrogen) atoms. The number of aryl methyl sites for hydroxylation is 1. The lowest BCUT2D eigenvalue weighted by molar-refractivity contribution is -0.121. The number of rotatable bonds is 6. The van der Waals surface area contributed by atoms with Gasteiger partial charge in [0.1, 0.15) is 22.5 Å². The van der Waals surface area contributed by atoms with Gasteiger partial charge in [-0.2, -0.15) is 0 Å². The van der Waals surface area contributed by atoms with E-state index in [4.69, 9.17) is 4.74 Å². The monoisotopic (exact) mass is 386 g/mol. The maximum atomic E-state index is 12.7. The van der Waals surface area contributed by atoms with Crippen molar-refractivity contribution in [3.05, 3.63) is 46.0 Å². The number of thiazole rings is 1. The number of nitrogens with zero attached hydrogens (tertiary/aromatic N) is 2. The van der Waals surface area contributed by atoms with E-state index in [0.717, 1.165) is 15.9 Å². The predicted octanol–water partition coefficient (Wildman–Crippen LogP) is 3.11. The van der Waals surface area contributed by atoms with Crippen molar-refractivity contribution in [2.24, 2.45) is 0 Å². The van der Waals surface area contributed by atoms with Crippen molar-refractivity contribution < 1.29 is 14.3 Å². The van der Waals surface area contributed by atoms with Crippen LogP contribution >= 0.6 is 11.3 Å². The Hall–Kier alpha value is -2.71. The number of hydrogen-bond acceptors (Lipinski definition) is 5. The Morgan fingerprint density at radius 3 is 2.81 bits per heavy atom. The molecule has 0 fully saturated rings. The third kappa shape index (κ3) is 4.01. The van der Waals surface area contributed by atoms with Gasteiger partial charge in [-0.1, -0.05) is 6.07 Å². The van der Waals surface area contributed by atoms with Crippen LogP contribution in [0.25, 0.3) is 10.9 Å². The molecule has 1 atom stereocenters. The lowest BCUT2D eigenvalue weighted by atomic mass is 10.2. The van der Waals surface area contributed by atoms with E-state index in [0.29, 0.717) is 16.3 Å². The van der Waals surface area contributed by atoms with Crippen LogP contribution in [-0.4, -0.2) is 35.5 Å². The summed E-state index contributed by atoms with van der Waals surface area (Å²) in [6, 6.07) is 7.57. The summed E-state index contributed by atoms with van der Waals surface area (Å²) in [5.74, 6) is -0.287. The van der Waals surface area contributed by atoms with Gasteiger partial charge in [0, 0.05) is 26.0 Å². The molecule has 0 spiro atoms. The molecule has 0 saturated carbocycles. The first kappa shape index (κ1) is 19.1. The molecule has 1 unspecified atom stereocenters. The van der Waals surface area contributed by atoms with Crippen molar-refractivity contribution in [1.82, 2.24) is 14.9 Å². The highest BCUT2D eigenvalue weighted by molar-refractivity contribution is 7.14. The van der Waals surface area contributed by atoms with Crippen molar-refractivity contribution in [3.63, 3.8) is 0 Å². The Labute approximate surface area is 161 Å². The van der Waals surface area contributed by atoms with Crippen LogP contribution in [0.15, 0.2) is 30.5 Å². The number of carbonyl (C=O) groups is 2. The molecule has 2 heterocycles. The number of likely N-dealkylation sites (N-methyl/N-ethyl adjacent to an activating group) is 1. The highest BCUT2D eigenvalue weighted by atomic mass is 32.1. The van der Waals surface area contributed by atoms with Gasteiger partial charge in [-0.3, -0.25) is 9.59 Å². The van der Waals surface area contributed by atoms with Crippen LogP contribution < -0.4 is 10.6 Å². The summed E-state index contributed by atoms with van der Waals surface area (Å²) in [6.07, 6.45) is 1.71. The zero-order valence-electron chi connectivity index (χ0n) is 15.7. The van der Waals surface area contributed by atoms with Crippen molar-refractivity contribution in [2.75, 3.05) is 19.5 Å². The van der Waals surface area contributed by atoms with E-state index in [1.165, 1.54) is 11.3 Å². The van der Waals surface area contributed by atoms with Crippen LogP contribution in [0.5, 0.6) is 0 Å². The number of benzene rings is 1. The minimum absolute atomic E-state index is 0.0815. The molecule has 0 radical (unpaired) electrons. The predicted molar refractivity (Wildman–Crippen MR) is 106 cm³/mol. The molecule has 3 rings (SSSR count). The molecule has 2 N–H and O–H groups in total. The molecule has 7 nitrogen and oxygen atoms in total. The Bertz CT molecular complexity index is 992. The molecule has 0 aliphatic carbocycles. The number of hydrogen-bond donors (Lipinski definition) is 2. The third-order valence-corrected chi connectivity index (χ3v) is 5.66. The summed E-state index contributed by atoms with van der Waals surface area (Å²) in [7, 11) is 3.22. The number of ether oxygens (including phenoxy) is 1. The van der Waals surface area contributed by atoms with Gasteiger partial charge < -0.3 is 19.9 Å². The summed E-state index contributed by atoms with van der Waals surface area (Å²) < 4.78 is 7.12. The first-order chi connectivity index (χ1) is 12.9. The van der Waals surface area contributed by atoms with Crippen LogP contribution in [0.1, 0.15) is 33.4 Å². The second kappa shape index (κ2) is 7.89. The van der Waals surface area contributed by atoms with Gasteiger partial charge in [0.15, 0.2) is 0 Å². The largest absolute Gasteiger partial charge is 0.375 e. The van der Waals surface area contributed by atoms with E-state index in [-0.39, 0.29) is 24.5 Å². The average Bonchev–Trinajstić information content (AvgIpc) is 3.24. The molecule has 1 aromatic carbocycles. The summed E-state index contributed by atoms with van der Waals surface area (Å²) in [6.45, 7) is 3.94. The molecular weight excluding hydrogens is 364 g/mol. The Morgan fingerprint density at radius 1 is 1.33 bits per heavy atom. The van der Waals surface area contributed by atoms with Gasteiger partial charge in [-0.05, 0) is 37.4 Å². The zero-order chi connectivity index (χ0) is 19.6. The van der Waals surface area contributed by atoms with Gasteiger partial charge in [0.05, 0.1) is 11.2 Å². The fraction of sp³-hybridized carbons (Fsp3) is 0.316. The lowest BCUT2D eigenvalue weighted by Crippen LogP contribution is -2.23. The maximum Gasteiger partial charge on any atom is 0.267 e. The van der Waals surface area contributed by atoms with Crippen molar-refractivity contribution in [3.8, 4) is 0 Å². The number of anilines is 1. The summed E-state index contributed by atoms with van der Waals surface area (Å²) in [4.78, 5) is 29.4. The standard InChI is InChI=1S/C19H22N4O3S/c1-11-17(27-19(21-11)12(2)26-4)18(25)22-14-6-5-13-7-8-23(15(13)9-14)10-16(24)20-3/h5-9,12H,10H2,1-4H3,(H,20,24)(H,22,25). The molecule has 2 amide bonds. The van der Waals surface area contributed by atoms with E-state index in [2.05, 4.69) is 15.6 Å². The quantitative estimate of drug-likeness (QED) is 0.682. The Morgan fingerprint density at radius 2 is 2.11 bits per heavy atom. The molecule has 2 aromatic heterocycles. The molecule has 8 heteroatoms. The van der Waals surface area contributed by atoms with E-state index < -0.39 is 0 Å². The number of aromatic nitrogens is 2. The average molecular weight is 386 g/mol. The van der Waals surface area contributed by atoms with Crippen molar-refractivity contribution in [1.29, 1.82) is 0 Å². The number of fused-ring (bicyclic) bond motifs is 1. The van der Waals surface area contributed by atoms with Gasteiger partial charge >= 0.3 is 0 Å². The number of methoxy groups -OCH3 is 1. The molecule has 0 bridgehead atoms. The molecule has 0 aliphatic rings. The molecule has 142 valence electrons. The molecule has 0 aliphatic heterocycles. The first-order valence-corrected chi connectivity index (χ1v) is 9.35. The van der Waals surface area contributed by atoms with E-state index >= 15 is 0 Å². The zero-order valence-corrected chi connectivity index (χ0v) is 16.5. The summed E-state index contributed by atoms with van der Waals surface area (Å²) in [5.41, 5.74) is 2.23. The fourth-order valence-electron chi connectivity index (χ4n) is 2.72. The highest BCUT2D eigenvalue weighted by Crippen LogP contribution is 2.27. The SMILES string of the molecule is CNC(=O)Cn1ccc2ccc(NC(=O)c3sc(C(C)OC)nc3C)cc21. The fourth-order valence-corrected chi connectivity index (χ4v) is 3.71. The maximum absolute atomic E-state index is 12.7. The lowest BCUT2D eigenvalue weighted by Gasteiger charge is -2.08. The van der Waals surface area contributed by atoms with Crippen LogP contribution in [0, 0.1) is 6.92 Å². The normalized spacial score (nSPS) is 12.1. The minimum Gasteiger partial charge on any atom is -0.375 e. The summed E-state index contributed by atoms with van der Waals surface area (Å²) >= 11 is 1.33. The topological polar surface area (TPSA) is 85.2 Å². The van der Waals surface area contributed by atoms with Crippen LogP contribution in [0.2, 0.25) is 0 Å². The van der Waals surface area contributed by atoms with Crippen LogP contribution in [-0.2, 0) is 16.1 Å². The first-order valence-electron chi connectivity index (χ1n) is 8.54. The van der Waals surface area contributed by atoms with E-state index in [1.807, 2.05) is 48.9 Å². The van der Waals surface area contributed by atoms with Crippen LogP contribution in [0.4, 0.5) is 5.69 Å². The van der Waals surface area contributed by atoms with E-state index in [9.17, 15) is 9.59 Å². The second-order valence-corrected chi connectivity index (χ2v) is 7.22. The number of carbonyl (C=O) groups excluding carboxylic acids is 2. The molecular formula is C19H22N4O3S. The van der Waals surface area contributed by atoms with Gasteiger partial charge in [-0.15, -0.1) is 11.3 Å². The molecule has 0 saturated heterocycles. The second-order valence-electron chi connectivity index (χ2n) is 6.19. The number of nitrogens with one attached hydrogen (secondary N) is 2.